The zero-order chi connectivity index (χ0) is 10.7. The van der Waals surface area contributed by atoms with Crippen LogP contribution >= 0.6 is 0 Å². The fourth-order valence-electron chi connectivity index (χ4n) is 0.734. The van der Waals surface area contributed by atoms with Gasteiger partial charge in [-0.1, -0.05) is 0 Å². The van der Waals surface area contributed by atoms with Crippen molar-refractivity contribution in [2.45, 2.75) is 0 Å². The molecule has 0 unspecified atom stereocenters. The molecule has 0 saturated heterocycles. The van der Waals surface area contributed by atoms with Crippen LogP contribution in [-0.4, -0.2) is 70.7 Å². The molecular weight excluding hydrogens is 385 g/mol. The summed E-state index contributed by atoms with van der Waals surface area (Å²) in [7, 11) is 2.62. The molecule has 0 saturated carbocycles. The summed E-state index contributed by atoms with van der Waals surface area (Å²) in [6.07, 6.45) is 0. The normalized spacial score (nSPS) is 9.57. The fraction of sp³-hybridized carbons (Fsp3) is 0.286. The van der Waals surface area contributed by atoms with Gasteiger partial charge in [0, 0.05) is 0 Å². The molecule has 4 nitrogen and oxygen atoms in total. The predicted molar refractivity (Wildman–Crippen MR) is 52.0 cm³/mol. The quantitative estimate of drug-likeness (QED) is 0.484. The summed E-state index contributed by atoms with van der Waals surface area (Å²) < 4.78 is 11.3. The van der Waals surface area contributed by atoms with E-state index in [1.807, 2.05) is 0 Å². The number of rotatable bonds is 2. The van der Waals surface area contributed by atoms with Gasteiger partial charge in [-0.15, -0.1) is 0 Å². The zero-order valence-corrected chi connectivity index (χ0v) is 12.5. The molecule has 76 valence electrons. The number of methoxy groups -OCH3 is 2. The molecule has 14 heavy (non-hydrogen) atoms. The maximum atomic E-state index is 11.3. The third-order valence-corrected chi connectivity index (χ3v) is 8.72. The van der Waals surface area contributed by atoms with E-state index >= 15 is 0 Å². The van der Waals surface area contributed by atoms with Crippen LogP contribution in [-0.2, 0) is 9.47 Å². The average Bonchev–Trinajstić information content (AvgIpc) is 2.58. The van der Waals surface area contributed by atoms with E-state index in [1.54, 1.807) is 0 Å². The van der Waals surface area contributed by atoms with Gasteiger partial charge in [0.2, 0.25) is 0 Å². The molecule has 0 aromatic carbocycles. The molecule has 0 bridgehead atoms. The third-order valence-electron chi connectivity index (χ3n) is 1.32. The monoisotopic (exact) mass is 394 g/mol. The molecule has 0 N–H and O–H groups in total. The fourth-order valence-corrected chi connectivity index (χ4v) is 7.96. The van der Waals surface area contributed by atoms with Crippen molar-refractivity contribution in [1.29, 1.82) is 0 Å². The number of hydrogen-bond donors (Lipinski definition) is 0. The molecule has 1 aromatic rings. The van der Waals surface area contributed by atoms with Crippen molar-refractivity contribution in [3.05, 3.63) is 10.7 Å². The molecule has 0 amide bonds. The topological polar surface area (TPSA) is 52.6 Å². The molecule has 0 aliphatic heterocycles. The summed E-state index contributed by atoms with van der Waals surface area (Å²) in [6.45, 7) is 0. The first-order valence-corrected chi connectivity index (χ1v) is 7.69. The second-order valence-corrected chi connectivity index (χ2v) is 11.2. The van der Waals surface area contributed by atoms with Gasteiger partial charge in [0.05, 0.1) is 0 Å². The first-order valence-electron chi connectivity index (χ1n) is 3.40. The maximum absolute atomic E-state index is 11.3. The number of carbonyl (C=O) groups excluding carboxylic acids is 2. The van der Waals surface area contributed by atoms with Gasteiger partial charge >= 0.3 is 100 Å². The van der Waals surface area contributed by atoms with Crippen molar-refractivity contribution in [1.82, 2.24) is 0 Å². The van der Waals surface area contributed by atoms with Crippen LogP contribution in [0.1, 0.15) is 18.5 Å². The molecule has 0 radical (unpaired) electrons. The van der Waals surface area contributed by atoms with E-state index in [1.165, 1.54) is 14.2 Å². The van der Waals surface area contributed by atoms with Gasteiger partial charge in [-0.05, 0) is 0 Å². The summed E-state index contributed by atoms with van der Waals surface area (Å²) in [5, 5.41) is 0. The van der Waals surface area contributed by atoms with Crippen LogP contribution in [0.15, 0.2) is 0 Å². The molecule has 1 aromatic heterocycles. The van der Waals surface area contributed by atoms with Gasteiger partial charge in [-0.2, -0.15) is 0 Å². The van der Waals surface area contributed by atoms with Gasteiger partial charge in [0.1, 0.15) is 0 Å². The Labute approximate surface area is 100 Å². The number of ether oxygens (including phenoxy) is 2. The van der Waals surface area contributed by atoms with Crippen molar-refractivity contribution < 1.29 is 19.1 Å². The Hall–Kier alpha value is 0.108. The van der Waals surface area contributed by atoms with Crippen molar-refractivity contribution in [2.75, 3.05) is 14.2 Å². The van der Waals surface area contributed by atoms with E-state index < -0.39 is 11.9 Å². The van der Waals surface area contributed by atoms with Crippen LogP contribution in [0.25, 0.3) is 0 Å². The Balaban J connectivity index is 3.22. The van der Waals surface area contributed by atoms with Crippen LogP contribution < -0.4 is 0 Å². The van der Waals surface area contributed by atoms with Gasteiger partial charge in [0.25, 0.3) is 0 Å². The first kappa shape index (κ1) is 12.2. The second-order valence-electron chi connectivity index (χ2n) is 2.10. The molecule has 0 atom stereocenters. The Morgan fingerprint density at radius 3 is 1.71 bits per heavy atom. The predicted octanol–water partition coefficient (Wildman–Crippen LogP) is -0.926. The van der Waals surface area contributed by atoms with Crippen molar-refractivity contribution in [3.8, 4) is 0 Å². The Kier molecular flexibility index (Phi) is 4.58. The standard InChI is InChI=1S/C7H6O4Se3/c1-10-5(8)3-4(6(9)11-2)14-7(12)13-3/h1-2H3. The van der Waals surface area contributed by atoms with Crippen LogP contribution in [0.5, 0.6) is 0 Å². The molecule has 0 aliphatic carbocycles. The Bertz CT molecular complexity index is 380. The van der Waals surface area contributed by atoms with Crippen molar-refractivity contribution in [2.24, 2.45) is 0 Å². The summed E-state index contributed by atoms with van der Waals surface area (Å²) in [4.78, 5) is 22.6. The number of esters is 2. The number of hydrogen-bond acceptors (Lipinski definition) is 4. The molecule has 0 aliphatic rings. The summed E-state index contributed by atoms with van der Waals surface area (Å²) >= 11 is 2.70. The molecule has 0 fully saturated rings. The van der Waals surface area contributed by atoms with Gasteiger partial charge in [-0.25, -0.2) is 0 Å². The average molecular weight is 391 g/mol. The van der Waals surface area contributed by atoms with Crippen molar-refractivity contribution >= 4 is 56.5 Å². The SMILES string of the molecule is COC(=O)c1[se]c(=[Se])[se]c1C(=O)OC. The Morgan fingerprint density at radius 2 is 1.43 bits per heavy atom. The van der Waals surface area contributed by atoms with E-state index in [2.05, 4.69) is 25.0 Å². The van der Waals surface area contributed by atoms with E-state index in [9.17, 15) is 9.59 Å². The minimum atomic E-state index is -0.419. The molecule has 0 spiro atoms. The van der Waals surface area contributed by atoms with Crippen LogP contribution in [0.4, 0.5) is 0 Å². The zero-order valence-electron chi connectivity index (χ0n) is 7.36. The van der Waals surface area contributed by atoms with Crippen molar-refractivity contribution in [3.63, 3.8) is 0 Å². The Morgan fingerprint density at radius 1 is 1.07 bits per heavy atom. The molecule has 1 heterocycles. The molecule has 1 rings (SSSR count). The van der Waals surface area contributed by atoms with Gasteiger partial charge < -0.3 is 0 Å². The van der Waals surface area contributed by atoms with Gasteiger partial charge in [0.15, 0.2) is 0 Å². The van der Waals surface area contributed by atoms with Crippen LogP contribution in [0.2, 0.25) is 0 Å². The summed E-state index contributed by atoms with van der Waals surface area (Å²) in [5.74, 6) is -0.838. The first-order chi connectivity index (χ1) is 6.60. The summed E-state index contributed by atoms with van der Waals surface area (Å²) in [5.41, 5.74) is 0. The van der Waals surface area contributed by atoms with E-state index in [4.69, 9.17) is 0 Å². The second kappa shape index (κ2) is 5.26. The molecule has 7 heteroatoms. The summed E-state index contributed by atoms with van der Waals surface area (Å²) in [6, 6.07) is 0. The van der Waals surface area contributed by atoms with Crippen LogP contribution in [0.3, 0.4) is 0 Å². The van der Waals surface area contributed by atoms with E-state index in [0.717, 1.165) is 1.81 Å². The van der Waals surface area contributed by atoms with E-state index in [-0.39, 0.29) is 29.0 Å². The minimum absolute atomic E-state index is 0.0867. The van der Waals surface area contributed by atoms with Crippen LogP contribution in [0, 0.1) is 1.81 Å². The molecular formula is C7H6O4Se3. The third kappa shape index (κ3) is 2.57. The number of carbonyl (C=O) groups is 2. The van der Waals surface area contributed by atoms with E-state index in [0.29, 0.717) is 8.87 Å². The van der Waals surface area contributed by atoms with Gasteiger partial charge in [-0.3, -0.25) is 0 Å².